The molecule has 0 saturated heterocycles. The van der Waals surface area contributed by atoms with Gasteiger partial charge in [-0.2, -0.15) is 0 Å². The van der Waals surface area contributed by atoms with Crippen LogP contribution in [0.15, 0.2) is 41.9 Å². The van der Waals surface area contributed by atoms with Crippen LogP contribution < -0.4 is 5.32 Å². The van der Waals surface area contributed by atoms with Crippen molar-refractivity contribution < 1.29 is 4.79 Å². The molecule has 0 atom stereocenters. The van der Waals surface area contributed by atoms with E-state index in [-0.39, 0.29) is 5.91 Å². The number of rotatable bonds is 2. The molecule has 1 N–H and O–H groups in total. The molecule has 3 aromatic rings. The van der Waals surface area contributed by atoms with Crippen molar-refractivity contribution >= 4 is 33.8 Å². The molecule has 0 fully saturated rings. The SMILES string of the molecule is Cc1ccc2c(NC(=O)c3cccs3)ccnc2c1C. The Morgan fingerprint density at radius 1 is 1.20 bits per heavy atom. The summed E-state index contributed by atoms with van der Waals surface area (Å²) in [6, 6.07) is 9.59. The van der Waals surface area contributed by atoms with E-state index in [1.807, 2.05) is 29.6 Å². The van der Waals surface area contributed by atoms with Crippen LogP contribution in [-0.4, -0.2) is 10.9 Å². The Hall–Kier alpha value is -2.20. The molecule has 1 aromatic carbocycles. The molecule has 4 heteroatoms. The quantitative estimate of drug-likeness (QED) is 0.766. The molecule has 1 amide bonds. The molecular weight excluding hydrogens is 268 g/mol. The molecule has 3 nitrogen and oxygen atoms in total. The Labute approximate surface area is 121 Å². The first-order chi connectivity index (χ1) is 9.66. The van der Waals surface area contributed by atoms with Gasteiger partial charge in [0.2, 0.25) is 0 Å². The smallest absolute Gasteiger partial charge is 0.265 e. The van der Waals surface area contributed by atoms with Crippen LogP contribution in [0.1, 0.15) is 20.8 Å². The number of carbonyl (C=O) groups is 1. The zero-order valence-electron chi connectivity index (χ0n) is 11.3. The molecule has 0 unspecified atom stereocenters. The zero-order valence-corrected chi connectivity index (χ0v) is 12.1. The molecule has 0 spiro atoms. The van der Waals surface area contributed by atoms with E-state index in [2.05, 4.69) is 30.2 Å². The lowest BCUT2D eigenvalue weighted by molar-refractivity contribution is 0.103. The van der Waals surface area contributed by atoms with Crippen molar-refractivity contribution in [3.8, 4) is 0 Å². The molecule has 3 rings (SSSR count). The second-order valence-electron chi connectivity index (χ2n) is 4.69. The van der Waals surface area contributed by atoms with E-state index >= 15 is 0 Å². The molecule has 20 heavy (non-hydrogen) atoms. The summed E-state index contributed by atoms with van der Waals surface area (Å²) in [5, 5.41) is 5.83. The Bertz CT molecular complexity index is 779. The van der Waals surface area contributed by atoms with Gasteiger partial charge in [0, 0.05) is 11.6 Å². The van der Waals surface area contributed by atoms with Crippen LogP contribution in [-0.2, 0) is 0 Å². The van der Waals surface area contributed by atoms with Gasteiger partial charge in [-0.3, -0.25) is 9.78 Å². The number of hydrogen-bond acceptors (Lipinski definition) is 3. The number of thiophene rings is 1. The summed E-state index contributed by atoms with van der Waals surface area (Å²) in [5.74, 6) is -0.0780. The van der Waals surface area contributed by atoms with Crippen molar-refractivity contribution in [1.82, 2.24) is 4.98 Å². The van der Waals surface area contributed by atoms with Gasteiger partial charge in [0.05, 0.1) is 16.1 Å². The molecule has 0 aliphatic rings. The number of benzene rings is 1. The normalized spacial score (nSPS) is 10.7. The highest BCUT2D eigenvalue weighted by Crippen LogP contribution is 2.26. The first-order valence-corrected chi connectivity index (χ1v) is 7.24. The second kappa shape index (κ2) is 5.06. The van der Waals surface area contributed by atoms with Crippen molar-refractivity contribution in [2.75, 3.05) is 5.32 Å². The third-order valence-electron chi connectivity index (χ3n) is 3.43. The molecule has 2 heterocycles. The molecule has 0 bridgehead atoms. The highest BCUT2D eigenvalue weighted by atomic mass is 32.1. The van der Waals surface area contributed by atoms with Gasteiger partial charge >= 0.3 is 0 Å². The van der Waals surface area contributed by atoms with Crippen molar-refractivity contribution in [2.45, 2.75) is 13.8 Å². The molecule has 2 aromatic heterocycles. The molecule has 0 saturated carbocycles. The maximum Gasteiger partial charge on any atom is 0.265 e. The molecule has 0 aliphatic heterocycles. The van der Waals surface area contributed by atoms with Gasteiger partial charge in [0.15, 0.2) is 0 Å². The Morgan fingerprint density at radius 3 is 2.80 bits per heavy atom. The fraction of sp³-hybridized carbons (Fsp3) is 0.125. The van der Waals surface area contributed by atoms with E-state index in [0.717, 1.165) is 22.2 Å². The highest BCUT2D eigenvalue weighted by molar-refractivity contribution is 7.12. The average molecular weight is 282 g/mol. The number of pyridine rings is 1. The number of aromatic nitrogens is 1. The maximum atomic E-state index is 12.1. The van der Waals surface area contributed by atoms with Gasteiger partial charge in [-0.1, -0.05) is 18.2 Å². The largest absolute Gasteiger partial charge is 0.321 e. The van der Waals surface area contributed by atoms with E-state index in [1.165, 1.54) is 16.9 Å². The van der Waals surface area contributed by atoms with Crippen LogP contribution in [0.4, 0.5) is 5.69 Å². The third-order valence-corrected chi connectivity index (χ3v) is 4.30. The molecule has 0 aliphatic carbocycles. The standard InChI is InChI=1S/C16H14N2OS/c1-10-5-6-12-13(7-8-17-15(12)11(10)2)18-16(19)14-4-3-9-20-14/h3-9H,1-2H3,(H,17,18,19). The van der Waals surface area contributed by atoms with Crippen molar-refractivity contribution in [2.24, 2.45) is 0 Å². The lowest BCUT2D eigenvalue weighted by Crippen LogP contribution is -2.10. The summed E-state index contributed by atoms with van der Waals surface area (Å²) in [6.07, 6.45) is 1.73. The fourth-order valence-corrected chi connectivity index (χ4v) is 2.78. The number of hydrogen-bond donors (Lipinski definition) is 1. The van der Waals surface area contributed by atoms with Gasteiger partial charge in [-0.25, -0.2) is 0 Å². The minimum Gasteiger partial charge on any atom is -0.321 e. The van der Waals surface area contributed by atoms with Crippen LogP contribution >= 0.6 is 11.3 Å². The third kappa shape index (κ3) is 2.18. The highest BCUT2D eigenvalue weighted by Gasteiger charge is 2.10. The summed E-state index contributed by atoms with van der Waals surface area (Å²) in [5.41, 5.74) is 4.09. The lowest BCUT2D eigenvalue weighted by Gasteiger charge is -2.10. The Morgan fingerprint density at radius 2 is 2.05 bits per heavy atom. The van der Waals surface area contributed by atoms with Crippen LogP contribution in [0.3, 0.4) is 0 Å². The van der Waals surface area contributed by atoms with Gasteiger partial charge < -0.3 is 5.32 Å². The van der Waals surface area contributed by atoms with E-state index in [1.54, 1.807) is 6.20 Å². The van der Waals surface area contributed by atoms with Crippen LogP contribution in [0, 0.1) is 13.8 Å². The van der Waals surface area contributed by atoms with E-state index in [4.69, 9.17) is 0 Å². The number of nitrogens with one attached hydrogen (secondary N) is 1. The number of carbonyl (C=O) groups excluding carboxylic acids is 1. The van der Waals surface area contributed by atoms with E-state index in [9.17, 15) is 4.79 Å². The average Bonchev–Trinajstić information content (AvgIpc) is 2.97. The first-order valence-electron chi connectivity index (χ1n) is 6.36. The second-order valence-corrected chi connectivity index (χ2v) is 5.64. The molecule has 0 radical (unpaired) electrons. The minimum absolute atomic E-state index is 0.0780. The summed E-state index contributed by atoms with van der Waals surface area (Å²) >= 11 is 1.43. The number of anilines is 1. The molecular formula is C16H14N2OS. The fourth-order valence-electron chi connectivity index (χ4n) is 2.16. The number of fused-ring (bicyclic) bond motifs is 1. The summed E-state index contributed by atoms with van der Waals surface area (Å²) in [4.78, 5) is 17.3. The van der Waals surface area contributed by atoms with Crippen molar-refractivity contribution in [3.05, 3.63) is 57.9 Å². The number of nitrogens with zero attached hydrogens (tertiary/aromatic N) is 1. The van der Waals surface area contributed by atoms with Crippen molar-refractivity contribution in [1.29, 1.82) is 0 Å². The van der Waals surface area contributed by atoms with E-state index in [0.29, 0.717) is 4.88 Å². The lowest BCUT2D eigenvalue weighted by atomic mass is 10.0. The van der Waals surface area contributed by atoms with Crippen molar-refractivity contribution in [3.63, 3.8) is 0 Å². The predicted molar refractivity (Wildman–Crippen MR) is 83.5 cm³/mol. The van der Waals surface area contributed by atoms with E-state index < -0.39 is 0 Å². The summed E-state index contributed by atoms with van der Waals surface area (Å²) < 4.78 is 0. The van der Waals surface area contributed by atoms with Crippen LogP contribution in [0.25, 0.3) is 10.9 Å². The number of aryl methyl sites for hydroxylation is 2. The van der Waals surface area contributed by atoms with Crippen LogP contribution in [0.5, 0.6) is 0 Å². The first kappa shape index (κ1) is 12.8. The van der Waals surface area contributed by atoms with Gasteiger partial charge in [0.25, 0.3) is 5.91 Å². The number of amides is 1. The zero-order chi connectivity index (χ0) is 14.1. The summed E-state index contributed by atoms with van der Waals surface area (Å²) in [6.45, 7) is 4.11. The van der Waals surface area contributed by atoms with Gasteiger partial charge in [-0.05, 0) is 42.5 Å². The van der Waals surface area contributed by atoms with Gasteiger partial charge in [0.1, 0.15) is 0 Å². The Balaban J connectivity index is 2.04. The monoisotopic (exact) mass is 282 g/mol. The Kier molecular flexibility index (Phi) is 3.24. The van der Waals surface area contributed by atoms with Crippen LogP contribution in [0.2, 0.25) is 0 Å². The molecule has 100 valence electrons. The maximum absolute atomic E-state index is 12.1. The topological polar surface area (TPSA) is 42.0 Å². The predicted octanol–water partition coefficient (Wildman–Crippen LogP) is 4.17. The van der Waals surface area contributed by atoms with Gasteiger partial charge in [-0.15, -0.1) is 11.3 Å². The summed E-state index contributed by atoms with van der Waals surface area (Å²) in [7, 11) is 0. The minimum atomic E-state index is -0.0780.